The van der Waals surface area contributed by atoms with Gasteiger partial charge in [-0.25, -0.2) is 4.98 Å². The minimum absolute atomic E-state index is 0.140. The number of nitrogens with zero attached hydrogens (tertiary/aromatic N) is 3. The van der Waals surface area contributed by atoms with Gasteiger partial charge in [0.25, 0.3) is 0 Å². The molecule has 0 atom stereocenters. The second kappa shape index (κ2) is 6.64. The Morgan fingerprint density at radius 3 is 2.17 bits per heavy atom. The number of aryl methyl sites for hydroxylation is 2. The Kier molecular flexibility index (Phi) is 5.47. The molecule has 1 rings (SSSR count). The van der Waals surface area contributed by atoms with Crippen LogP contribution in [0.4, 0.5) is 5.95 Å². The Morgan fingerprint density at radius 2 is 1.61 bits per heavy atom. The van der Waals surface area contributed by atoms with Gasteiger partial charge in [0.2, 0.25) is 5.95 Å². The highest BCUT2D eigenvalue weighted by molar-refractivity contribution is 5.25. The van der Waals surface area contributed by atoms with E-state index in [1.54, 1.807) is 0 Å². The zero-order chi connectivity index (χ0) is 13.6. The van der Waals surface area contributed by atoms with Gasteiger partial charge in [0, 0.05) is 18.6 Å². The molecule has 18 heavy (non-hydrogen) atoms. The zero-order valence-corrected chi connectivity index (χ0v) is 12.2. The Balaban J connectivity index is 2.48. The van der Waals surface area contributed by atoms with Gasteiger partial charge >= 0.3 is 0 Å². The summed E-state index contributed by atoms with van der Waals surface area (Å²) in [5, 5.41) is 14.9. The minimum Gasteiger partial charge on any atom is -0.352 e. The van der Waals surface area contributed by atoms with Crippen LogP contribution in [-0.2, 0) is 12.8 Å². The zero-order valence-electron chi connectivity index (χ0n) is 12.2. The average molecular weight is 251 g/mol. The fraction of sp³-hybridized carbons (Fsp3) is 0.769. The molecule has 1 heterocycles. The van der Waals surface area contributed by atoms with Gasteiger partial charge in [0.15, 0.2) is 0 Å². The lowest BCUT2D eigenvalue weighted by atomic mass is 10.1. The highest BCUT2D eigenvalue weighted by atomic mass is 15.2. The van der Waals surface area contributed by atoms with Crippen LogP contribution in [0.5, 0.6) is 0 Å². The van der Waals surface area contributed by atoms with E-state index in [1.165, 1.54) is 0 Å². The van der Waals surface area contributed by atoms with Crippen molar-refractivity contribution >= 4 is 5.95 Å². The van der Waals surface area contributed by atoms with Crippen molar-refractivity contribution in [2.75, 3.05) is 18.4 Å². The predicted octanol–water partition coefficient (Wildman–Crippen LogP) is 1.80. The first-order valence-electron chi connectivity index (χ1n) is 6.67. The van der Waals surface area contributed by atoms with Crippen LogP contribution in [0.2, 0.25) is 0 Å². The fourth-order valence-electron chi connectivity index (χ4n) is 1.62. The average Bonchev–Trinajstić information content (AvgIpc) is 2.33. The van der Waals surface area contributed by atoms with E-state index in [0.29, 0.717) is 5.95 Å². The number of hydrogen-bond acceptors (Lipinski definition) is 5. The van der Waals surface area contributed by atoms with Crippen LogP contribution in [0.1, 0.15) is 46.0 Å². The summed E-state index contributed by atoms with van der Waals surface area (Å²) in [6.45, 7) is 12.3. The van der Waals surface area contributed by atoms with Crippen molar-refractivity contribution in [1.29, 1.82) is 0 Å². The van der Waals surface area contributed by atoms with Gasteiger partial charge in [0.05, 0.1) is 11.4 Å². The molecule has 0 aliphatic rings. The van der Waals surface area contributed by atoms with Crippen LogP contribution in [-0.4, -0.2) is 33.8 Å². The first kappa shape index (κ1) is 14.8. The smallest absolute Gasteiger partial charge is 0.243 e. The van der Waals surface area contributed by atoms with E-state index in [0.717, 1.165) is 37.3 Å². The lowest BCUT2D eigenvalue weighted by molar-refractivity contribution is 0.435. The van der Waals surface area contributed by atoms with Gasteiger partial charge in [-0.1, -0.05) is 13.8 Å². The molecule has 0 aromatic carbocycles. The maximum atomic E-state index is 4.48. The van der Waals surface area contributed by atoms with E-state index in [9.17, 15) is 0 Å². The van der Waals surface area contributed by atoms with Crippen LogP contribution >= 0.6 is 0 Å². The van der Waals surface area contributed by atoms with Gasteiger partial charge in [-0.3, -0.25) is 0 Å². The second-order valence-corrected chi connectivity index (χ2v) is 5.34. The monoisotopic (exact) mass is 251 g/mol. The third-order valence-corrected chi connectivity index (χ3v) is 2.57. The Hall–Kier alpha value is -1.23. The van der Waals surface area contributed by atoms with E-state index in [4.69, 9.17) is 0 Å². The molecule has 0 unspecified atom stereocenters. The van der Waals surface area contributed by atoms with Gasteiger partial charge in [0.1, 0.15) is 0 Å². The molecule has 0 radical (unpaired) electrons. The van der Waals surface area contributed by atoms with Gasteiger partial charge in [-0.15, -0.1) is 5.10 Å². The maximum absolute atomic E-state index is 4.48. The first-order valence-corrected chi connectivity index (χ1v) is 6.67. The summed E-state index contributed by atoms with van der Waals surface area (Å²) in [7, 11) is 0. The molecular formula is C13H25N5. The molecule has 102 valence electrons. The molecule has 5 nitrogen and oxygen atoms in total. The van der Waals surface area contributed by atoms with Gasteiger partial charge in [-0.2, -0.15) is 5.10 Å². The molecule has 5 heteroatoms. The van der Waals surface area contributed by atoms with Crippen LogP contribution < -0.4 is 10.6 Å². The second-order valence-electron chi connectivity index (χ2n) is 5.34. The standard InChI is InChI=1S/C13H25N5/c1-6-10-11(7-2)17-18-12(16-10)14-8-9-15-13(3,4)5/h15H,6-9H2,1-5H3,(H,14,16,18). The van der Waals surface area contributed by atoms with Crippen LogP contribution in [0.25, 0.3) is 0 Å². The van der Waals surface area contributed by atoms with Crippen molar-refractivity contribution in [2.24, 2.45) is 0 Å². The molecule has 1 aromatic rings. The molecular weight excluding hydrogens is 226 g/mol. The van der Waals surface area contributed by atoms with E-state index in [1.807, 2.05) is 0 Å². The lowest BCUT2D eigenvalue weighted by Crippen LogP contribution is -2.38. The van der Waals surface area contributed by atoms with Crippen molar-refractivity contribution in [3.05, 3.63) is 11.4 Å². The largest absolute Gasteiger partial charge is 0.352 e. The molecule has 0 bridgehead atoms. The summed E-state index contributed by atoms with van der Waals surface area (Å²) < 4.78 is 0. The topological polar surface area (TPSA) is 62.7 Å². The molecule has 2 N–H and O–H groups in total. The summed E-state index contributed by atoms with van der Waals surface area (Å²) in [5.74, 6) is 0.625. The molecule has 0 aliphatic heterocycles. The summed E-state index contributed by atoms with van der Waals surface area (Å²) in [5.41, 5.74) is 2.18. The van der Waals surface area contributed by atoms with E-state index >= 15 is 0 Å². The first-order chi connectivity index (χ1) is 8.46. The molecule has 0 saturated carbocycles. The highest BCUT2D eigenvalue weighted by Gasteiger charge is 2.08. The van der Waals surface area contributed by atoms with Crippen LogP contribution in [0, 0.1) is 0 Å². The third kappa shape index (κ3) is 4.96. The number of nitrogens with one attached hydrogen (secondary N) is 2. The fourth-order valence-corrected chi connectivity index (χ4v) is 1.62. The Bertz CT molecular complexity index is 370. The normalized spacial score (nSPS) is 11.6. The number of rotatable bonds is 6. The van der Waals surface area contributed by atoms with Crippen LogP contribution in [0.3, 0.4) is 0 Å². The van der Waals surface area contributed by atoms with Crippen molar-refractivity contribution in [3.8, 4) is 0 Å². The lowest BCUT2D eigenvalue weighted by Gasteiger charge is -2.20. The SMILES string of the molecule is CCc1nnc(NCCNC(C)(C)C)nc1CC. The molecule has 0 saturated heterocycles. The molecule has 0 amide bonds. The van der Waals surface area contributed by atoms with Crippen molar-refractivity contribution < 1.29 is 0 Å². The molecule has 1 aromatic heterocycles. The van der Waals surface area contributed by atoms with Crippen LogP contribution in [0.15, 0.2) is 0 Å². The summed E-state index contributed by atoms with van der Waals surface area (Å²) in [4.78, 5) is 4.48. The summed E-state index contributed by atoms with van der Waals surface area (Å²) in [6, 6.07) is 0. The van der Waals surface area contributed by atoms with E-state index < -0.39 is 0 Å². The van der Waals surface area contributed by atoms with E-state index in [2.05, 4.69) is 60.4 Å². The van der Waals surface area contributed by atoms with Crippen molar-refractivity contribution in [1.82, 2.24) is 20.5 Å². The predicted molar refractivity (Wildman–Crippen MR) is 74.8 cm³/mol. The Morgan fingerprint density at radius 1 is 0.944 bits per heavy atom. The Labute approximate surface area is 110 Å². The molecule has 0 fully saturated rings. The maximum Gasteiger partial charge on any atom is 0.243 e. The highest BCUT2D eigenvalue weighted by Crippen LogP contribution is 2.06. The summed E-state index contributed by atoms with van der Waals surface area (Å²) in [6.07, 6.45) is 1.78. The van der Waals surface area contributed by atoms with Gasteiger partial charge in [-0.05, 0) is 33.6 Å². The van der Waals surface area contributed by atoms with E-state index in [-0.39, 0.29) is 5.54 Å². The summed E-state index contributed by atoms with van der Waals surface area (Å²) >= 11 is 0. The number of anilines is 1. The van der Waals surface area contributed by atoms with Crippen molar-refractivity contribution in [2.45, 2.75) is 53.0 Å². The molecule has 0 spiro atoms. The quantitative estimate of drug-likeness (QED) is 0.755. The minimum atomic E-state index is 0.140. The van der Waals surface area contributed by atoms with Crippen molar-refractivity contribution in [3.63, 3.8) is 0 Å². The number of aromatic nitrogens is 3. The number of hydrogen-bond donors (Lipinski definition) is 2. The van der Waals surface area contributed by atoms with Gasteiger partial charge < -0.3 is 10.6 Å². The third-order valence-electron chi connectivity index (χ3n) is 2.57. The molecule has 0 aliphatic carbocycles.